The van der Waals surface area contributed by atoms with E-state index < -0.39 is 0 Å². The SMILES string of the molecule is c1ccc2c(c1)CCNC2CCN1CCOCC1. The summed E-state index contributed by atoms with van der Waals surface area (Å²) >= 11 is 0. The Morgan fingerprint density at radius 1 is 1.22 bits per heavy atom. The number of ether oxygens (including phenoxy) is 1. The Hall–Kier alpha value is -0.900. The minimum absolute atomic E-state index is 0.540. The van der Waals surface area contributed by atoms with Crippen LogP contribution in [0.4, 0.5) is 0 Å². The molecule has 2 heterocycles. The number of benzene rings is 1. The number of morpholine rings is 1. The van der Waals surface area contributed by atoms with Crippen LogP contribution in [-0.4, -0.2) is 44.3 Å². The van der Waals surface area contributed by atoms with E-state index in [0.717, 1.165) is 32.8 Å². The lowest BCUT2D eigenvalue weighted by Crippen LogP contribution is -2.39. The van der Waals surface area contributed by atoms with Gasteiger partial charge in [-0.25, -0.2) is 0 Å². The van der Waals surface area contributed by atoms with Gasteiger partial charge in [-0.05, 0) is 30.5 Å². The molecule has 3 heteroatoms. The summed E-state index contributed by atoms with van der Waals surface area (Å²) in [6.07, 6.45) is 2.38. The van der Waals surface area contributed by atoms with Crippen molar-refractivity contribution in [2.24, 2.45) is 0 Å². The fourth-order valence-electron chi connectivity index (χ4n) is 2.99. The Morgan fingerprint density at radius 3 is 2.94 bits per heavy atom. The lowest BCUT2D eigenvalue weighted by atomic mass is 9.92. The van der Waals surface area contributed by atoms with Gasteiger partial charge in [0.05, 0.1) is 13.2 Å². The van der Waals surface area contributed by atoms with Gasteiger partial charge in [0.2, 0.25) is 0 Å². The number of nitrogens with zero attached hydrogens (tertiary/aromatic N) is 1. The second-order valence-electron chi connectivity index (χ2n) is 5.20. The molecule has 2 aliphatic heterocycles. The summed E-state index contributed by atoms with van der Waals surface area (Å²) < 4.78 is 5.39. The molecular formula is C15H22N2O. The van der Waals surface area contributed by atoms with E-state index in [2.05, 4.69) is 34.5 Å². The van der Waals surface area contributed by atoms with Crippen molar-refractivity contribution < 1.29 is 4.74 Å². The molecule has 18 heavy (non-hydrogen) atoms. The largest absolute Gasteiger partial charge is 0.379 e. The third kappa shape index (κ3) is 2.74. The molecule has 1 saturated heterocycles. The molecule has 1 aromatic carbocycles. The Kier molecular flexibility index (Phi) is 3.93. The lowest BCUT2D eigenvalue weighted by molar-refractivity contribution is 0.0360. The van der Waals surface area contributed by atoms with Gasteiger partial charge < -0.3 is 10.1 Å². The Bertz CT molecular complexity index is 388. The average Bonchev–Trinajstić information content (AvgIpc) is 2.46. The van der Waals surface area contributed by atoms with Gasteiger partial charge in [-0.1, -0.05) is 24.3 Å². The van der Waals surface area contributed by atoms with Gasteiger partial charge in [0, 0.05) is 25.7 Å². The van der Waals surface area contributed by atoms with Crippen molar-refractivity contribution in [2.75, 3.05) is 39.4 Å². The standard InChI is InChI=1S/C15H22N2O/c1-2-4-14-13(3-1)5-7-16-15(14)6-8-17-9-11-18-12-10-17/h1-4,15-16H,5-12H2. The molecular weight excluding hydrogens is 224 g/mol. The van der Waals surface area contributed by atoms with Crippen LogP contribution < -0.4 is 5.32 Å². The van der Waals surface area contributed by atoms with Gasteiger partial charge >= 0.3 is 0 Å². The number of nitrogens with one attached hydrogen (secondary N) is 1. The Labute approximate surface area is 109 Å². The molecule has 1 unspecified atom stereocenters. The van der Waals surface area contributed by atoms with Crippen LogP contribution in [0.25, 0.3) is 0 Å². The van der Waals surface area contributed by atoms with Gasteiger partial charge in [-0.2, -0.15) is 0 Å². The van der Waals surface area contributed by atoms with E-state index in [1.54, 1.807) is 0 Å². The van der Waals surface area contributed by atoms with E-state index in [4.69, 9.17) is 4.74 Å². The molecule has 2 aliphatic rings. The molecule has 0 radical (unpaired) electrons. The third-order valence-electron chi connectivity index (χ3n) is 4.05. The first-order chi connectivity index (χ1) is 8.93. The van der Waals surface area contributed by atoms with E-state index in [1.807, 2.05) is 0 Å². The molecule has 3 nitrogen and oxygen atoms in total. The minimum Gasteiger partial charge on any atom is -0.379 e. The van der Waals surface area contributed by atoms with Gasteiger partial charge in [0.1, 0.15) is 0 Å². The first-order valence-corrected chi connectivity index (χ1v) is 7.05. The molecule has 0 spiro atoms. The van der Waals surface area contributed by atoms with Crippen LogP contribution in [0.15, 0.2) is 24.3 Å². The number of fused-ring (bicyclic) bond motifs is 1. The molecule has 1 aromatic rings. The van der Waals surface area contributed by atoms with E-state index in [1.165, 1.54) is 30.5 Å². The molecule has 1 atom stereocenters. The molecule has 1 fully saturated rings. The second kappa shape index (κ2) is 5.83. The predicted octanol–water partition coefficient (Wildman–Crippen LogP) is 1.60. The van der Waals surface area contributed by atoms with Gasteiger partial charge in [-0.15, -0.1) is 0 Å². The maximum Gasteiger partial charge on any atom is 0.0594 e. The summed E-state index contributed by atoms with van der Waals surface area (Å²) in [6, 6.07) is 9.41. The summed E-state index contributed by atoms with van der Waals surface area (Å²) in [6.45, 7) is 6.27. The average molecular weight is 246 g/mol. The zero-order valence-corrected chi connectivity index (χ0v) is 10.9. The molecule has 0 bridgehead atoms. The zero-order valence-electron chi connectivity index (χ0n) is 10.9. The van der Waals surface area contributed by atoms with Crippen molar-refractivity contribution in [1.82, 2.24) is 10.2 Å². The number of hydrogen-bond acceptors (Lipinski definition) is 3. The van der Waals surface area contributed by atoms with Crippen molar-refractivity contribution in [3.63, 3.8) is 0 Å². The van der Waals surface area contributed by atoms with E-state index in [0.29, 0.717) is 6.04 Å². The van der Waals surface area contributed by atoms with Crippen LogP contribution in [-0.2, 0) is 11.2 Å². The fraction of sp³-hybridized carbons (Fsp3) is 0.600. The van der Waals surface area contributed by atoms with E-state index in [-0.39, 0.29) is 0 Å². The predicted molar refractivity (Wildman–Crippen MR) is 72.8 cm³/mol. The monoisotopic (exact) mass is 246 g/mol. The number of rotatable bonds is 3. The quantitative estimate of drug-likeness (QED) is 0.876. The van der Waals surface area contributed by atoms with Crippen molar-refractivity contribution in [3.8, 4) is 0 Å². The molecule has 3 rings (SSSR count). The van der Waals surface area contributed by atoms with Crippen molar-refractivity contribution in [2.45, 2.75) is 18.9 Å². The summed E-state index contributed by atoms with van der Waals surface area (Å²) in [5.74, 6) is 0. The highest BCUT2D eigenvalue weighted by molar-refractivity contribution is 5.32. The Balaban J connectivity index is 1.60. The van der Waals surface area contributed by atoms with Crippen LogP contribution in [0, 0.1) is 0 Å². The molecule has 0 aromatic heterocycles. The zero-order chi connectivity index (χ0) is 12.2. The van der Waals surface area contributed by atoms with E-state index in [9.17, 15) is 0 Å². The highest BCUT2D eigenvalue weighted by Gasteiger charge is 2.20. The molecule has 1 N–H and O–H groups in total. The highest BCUT2D eigenvalue weighted by atomic mass is 16.5. The van der Waals surface area contributed by atoms with Gasteiger partial charge in [0.25, 0.3) is 0 Å². The number of hydrogen-bond donors (Lipinski definition) is 1. The van der Waals surface area contributed by atoms with Crippen LogP contribution in [0.5, 0.6) is 0 Å². The summed E-state index contributed by atoms with van der Waals surface area (Å²) in [7, 11) is 0. The topological polar surface area (TPSA) is 24.5 Å². The van der Waals surface area contributed by atoms with Crippen molar-refractivity contribution >= 4 is 0 Å². The first-order valence-electron chi connectivity index (χ1n) is 7.05. The second-order valence-corrected chi connectivity index (χ2v) is 5.20. The van der Waals surface area contributed by atoms with Crippen molar-refractivity contribution in [3.05, 3.63) is 35.4 Å². The van der Waals surface area contributed by atoms with Crippen molar-refractivity contribution in [1.29, 1.82) is 0 Å². The summed E-state index contributed by atoms with van der Waals surface area (Å²) in [4.78, 5) is 2.52. The maximum absolute atomic E-state index is 5.39. The maximum atomic E-state index is 5.39. The van der Waals surface area contributed by atoms with Gasteiger partial charge in [0.15, 0.2) is 0 Å². The third-order valence-corrected chi connectivity index (χ3v) is 4.05. The lowest BCUT2D eigenvalue weighted by Gasteiger charge is -2.31. The summed E-state index contributed by atoms with van der Waals surface area (Å²) in [5.41, 5.74) is 3.04. The minimum atomic E-state index is 0.540. The van der Waals surface area contributed by atoms with Crippen LogP contribution in [0.3, 0.4) is 0 Å². The highest BCUT2D eigenvalue weighted by Crippen LogP contribution is 2.25. The molecule has 0 aliphatic carbocycles. The van der Waals surface area contributed by atoms with Crippen LogP contribution >= 0.6 is 0 Å². The van der Waals surface area contributed by atoms with E-state index >= 15 is 0 Å². The molecule has 0 amide bonds. The summed E-state index contributed by atoms with van der Waals surface area (Å²) in [5, 5.41) is 3.66. The smallest absolute Gasteiger partial charge is 0.0594 e. The Morgan fingerprint density at radius 2 is 2.06 bits per heavy atom. The van der Waals surface area contributed by atoms with Crippen LogP contribution in [0.1, 0.15) is 23.6 Å². The van der Waals surface area contributed by atoms with Crippen LogP contribution in [0.2, 0.25) is 0 Å². The fourth-order valence-corrected chi connectivity index (χ4v) is 2.99. The van der Waals surface area contributed by atoms with Gasteiger partial charge in [-0.3, -0.25) is 4.90 Å². The first kappa shape index (κ1) is 12.2. The molecule has 98 valence electrons. The molecule has 0 saturated carbocycles. The normalized spacial score (nSPS) is 24.8.